The Morgan fingerprint density at radius 2 is 2.00 bits per heavy atom. The number of pyridine rings is 1. The van der Waals surface area contributed by atoms with Crippen LogP contribution in [0.15, 0.2) is 24.5 Å². The molecule has 7 heteroatoms. The Balaban J connectivity index is 1.72. The molecule has 3 heterocycles. The van der Waals surface area contributed by atoms with Crippen LogP contribution in [-0.4, -0.2) is 52.9 Å². The number of rotatable bonds is 5. The minimum absolute atomic E-state index is 0.170. The van der Waals surface area contributed by atoms with Crippen molar-refractivity contribution in [2.24, 2.45) is 0 Å². The summed E-state index contributed by atoms with van der Waals surface area (Å²) in [6, 6.07) is 3.86. The zero-order valence-corrected chi connectivity index (χ0v) is 15.0. The quantitative estimate of drug-likeness (QED) is 0.811. The van der Waals surface area contributed by atoms with Crippen molar-refractivity contribution >= 4 is 15.9 Å². The highest BCUT2D eigenvalue weighted by atomic mass is 32.2. The van der Waals surface area contributed by atoms with Gasteiger partial charge in [0, 0.05) is 44.0 Å². The second-order valence-corrected chi connectivity index (χ2v) is 8.87. The first-order chi connectivity index (χ1) is 11.5. The third-order valence-corrected chi connectivity index (χ3v) is 7.33. The molecule has 0 aliphatic carbocycles. The molecule has 0 atom stereocenters. The molecule has 2 fully saturated rings. The Morgan fingerprint density at radius 1 is 1.25 bits per heavy atom. The largest absolute Gasteiger partial charge is 0.333 e. The fourth-order valence-electron chi connectivity index (χ4n) is 3.89. The number of piperidine rings is 1. The summed E-state index contributed by atoms with van der Waals surface area (Å²) in [6.45, 7) is 3.47. The van der Waals surface area contributed by atoms with Crippen molar-refractivity contribution in [1.29, 1.82) is 0 Å². The lowest BCUT2D eigenvalue weighted by Gasteiger charge is -2.44. The molecule has 1 aromatic heterocycles. The van der Waals surface area contributed by atoms with Crippen LogP contribution >= 0.6 is 0 Å². The van der Waals surface area contributed by atoms with Crippen molar-refractivity contribution in [3.8, 4) is 0 Å². The number of likely N-dealkylation sites (tertiary alicyclic amines) is 1. The number of carbonyl (C=O) groups is 1. The highest BCUT2D eigenvalue weighted by Gasteiger charge is 2.47. The molecule has 0 N–H and O–H groups in total. The molecule has 0 saturated carbocycles. The molecule has 0 bridgehead atoms. The van der Waals surface area contributed by atoms with Crippen molar-refractivity contribution in [1.82, 2.24) is 14.2 Å². The van der Waals surface area contributed by atoms with Gasteiger partial charge in [-0.15, -0.1) is 0 Å². The molecular formula is C17H25N3O3S. The van der Waals surface area contributed by atoms with Gasteiger partial charge in [-0.3, -0.25) is 9.78 Å². The summed E-state index contributed by atoms with van der Waals surface area (Å²) >= 11 is 0. The van der Waals surface area contributed by atoms with Gasteiger partial charge in [0.05, 0.1) is 5.75 Å². The highest BCUT2D eigenvalue weighted by Crippen LogP contribution is 2.40. The van der Waals surface area contributed by atoms with E-state index >= 15 is 0 Å². The number of hydrogen-bond acceptors (Lipinski definition) is 4. The summed E-state index contributed by atoms with van der Waals surface area (Å²) in [5, 5.41) is 0. The summed E-state index contributed by atoms with van der Waals surface area (Å²) in [5.74, 6) is 0.377. The van der Waals surface area contributed by atoms with E-state index in [4.69, 9.17) is 0 Å². The van der Waals surface area contributed by atoms with Crippen LogP contribution in [0.2, 0.25) is 0 Å². The SMILES string of the molecule is CCCS(=O)(=O)N1CCC2(CCC(=O)N2Cc2cccnc2)CC1. The fraction of sp³-hybridized carbons (Fsp3) is 0.647. The minimum atomic E-state index is -3.15. The molecule has 0 aromatic carbocycles. The number of nitrogens with zero attached hydrogens (tertiary/aromatic N) is 3. The summed E-state index contributed by atoms with van der Waals surface area (Å²) in [4.78, 5) is 18.5. The zero-order chi connectivity index (χ0) is 17.2. The number of sulfonamides is 1. The van der Waals surface area contributed by atoms with E-state index in [2.05, 4.69) is 4.98 Å². The summed E-state index contributed by atoms with van der Waals surface area (Å²) in [5.41, 5.74) is 0.832. The van der Waals surface area contributed by atoms with E-state index in [1.54, 1.807) is 16.7 Å². The van der Waals surface area contributed by atoms with Crippen molar-refractivity contribution < 1.29 is 13.2 Å². The first-order valence-corrected chi connectivity index (χ1v) is 10.2. The second kappa shape index (κ2) is 6.80. The molecule has 0 radical (unpaired) electrons. The summed E-state index contributed by atoms with van der Waals surface area (Å²) in [6.07, 6.45) is 6.98. The average Bonchev–Trinajstić information content (AvgIpc) is 2.86. The van der Waals surface area contributed by atoms with Crippen LogP contribution in [0.5, 0.6) is 0 Å². The highest BCUT2D eigenvalue weighted by molar-refractivity contribution is 7.89. The molecule has 24 heavy (non-hydrogen) atoms. The standard InChI is InChI=1S/C17H25N3O3S/c1-2-12-24(22,23)19-10-7-17(8-11-19)6-5-16(21)20(17)14-15-4-3-9-18-13-15/h3-4,9,13H,2,5-8,10-12,14H2,1H3. The van der Waals surface area contributed by atoms with Gasteiger partial charge in [-0.2, -0.15) is 0 Å². The Bertz CT molecular complexity index is 682. The van der Waals surface area contributed by atoms with Crippen LogP contribution in [0.4, 0.5) is 0 Å². The van der Waals surface area contributed by atoms with Crippen molar-refractivity contribution in [2.45, 2.75) is 51.1 Å². The van der Waals surface area contributed by atoms with Crippen LogP contribution < -0.4 is 0 Å². The van der Waals surface area contributed by atoms with Gasteiger partial charge in [0.25, 0.3) is 0 Å². The van der Waals surface area contributed by atoms with Crippen molar-refractivity contribution in [3.05, 3.63) is 30.1 Å². The Morgan fingerprint density at radius 3 is 2.62 bits per heavy atom. The van der Waals surface area contributed by atoms with E-state index < -0.39 is 10.0 Å². The molecule has 132 valence electrons. The third kappa shape index (κ3) is 3.32. The van der Waals surface area contributed by atoms with Gasteiger partial charge >= 0.3 is 0 Å². The molecule has 2 aliphatic rings. The van der Waals surface area contributed by atoms with E-state index in [-0.39, 0.29) is 17.2 Å². The van der Waals surface area contributed by atoms with Gasteiger partial charge in [-0.05, 0) is 37.3 Å². The van der Waals surface area contributed by atoms with E-state index in [1.165, 1.54) is 0 Å². The molecular weight excluding hydrogens is 326 g/mol. The normalized spacial score (nSPS) is 21.5. The molecule has 1 spiro atoms. The molecule has 2 aliphatic heterocycles. The first kappa shape index (κ1) is 17.4. The molecule has 1 amide bonds. The Labute approximate surface area is 143 Å². The topological polar surface area (TPSA) is 70.6 Å². The van der Waals surface area contributed by atoms with Crippen molar-refractivity contribution in [3.63, 3.8) is 0 Å². The van der Waals surface area contributed by atoms with E-state index in [1.807, 2.05) is 24.0 Å². The van der Waals surface area contributed by atoms with Gasteiger partial charge in [0.15, 0.2) is 0 Å². The first-order valence-electron chi connectivity index (χ1n) is 8.64. The minimum Gasteiger partial charge on any atom is -0.333 e. The van der Waals surface area contributed by atoms with Crippen LogP contribution in [0, 0.1) is 0 Å². The van der Waals surface area contributed by atoms with Crippen LogP contribution in [-0.2, 0) is 21.4 Å². The monoisotopic (exact) mass is 351 g/mol. The number of aromatic nitrogens is 1. The lowest BCUT2D eigenvalue weighted by Crippen LogP contribution is -2.54. The molecule has 2 saturated heterocycles. The van der Waals surface area contributed by atoms with Gasteiger partial charge in [0.1, 0.15) is 0 Å². The predicted molar refractivity (Wildman–Crippen MR) is 91.6 cm³/mol. The van der Waals surface area contributed by atoms with Gasteiger partial charge in [-0.25, -0.2) is 12.7 Å². The molecule has 6 nitrogen and oxygen atoms in total. The average molecular weight is 351 g/mol. The number of hydrogen-bond donors (Lipinski definition) is 0. The van der Waals surface area contributed by atoms with E-state index in [9.17, 15) is 13.2 Å². The second-order valence-electron chi connectivity index (χ2n) is 6.78. The van der Waals surface area contributed by atoms with Crippen LogP contribution in [0.1, 0.15) is 44.6 Å². The third-order valence-electron chi connectivity index (χ3n) is 5.25. The summed E-state index contributed by atoms with van der Waals surface area (Å²) < 4.78 is 26.1. The van der Waals surface area contributed by atoms with E-state index in [0.29, 0.717) is 32.5 Å². The molecule has 1 aromatic rings. The van der Waals surface area contributed by atoms with Gasteiger partial charge in [0.2, 0.25) is 15.9 Å². The van der Waals surface area contributed by atoms with E-state index in [0.717, 1.165) is 24.8 Å². The van der Waals surface area contributed by atoms with Gasteiger partial charge < -0.3 is 4.90 Å². The molecule has 3 rings (SSSR count). The smallest absolute Gasteiger partial charge is 0.223 e. The maximum absolute atomic E-state index is 12.4. The van der Waals surface area contributed by atoms with Gasteiger partial charge in [-0.1, -0.05) is 13.0 Å². The maximum atomic E-state index is 12.4. The molecule has 0 unspecified atom stereocenters. The van der Waals surface area contributed by atoms with Crippen LogP contribution in [0.25, 0.3) is 0 Å². The Kier molecular flexibility index (Phi) is 4.92. The lowest BCUT2D eigenvalue weighted by atomic mass is 9.85. The predicted octanol–water partition coefficient (Wildman–Crippen LogP) is 1.78. The number of amides is 1. The fourth-order valence-corrected chi connectivity index (χ4v) is 5.40. The Hall–Kier alpha value is -1.47. The number of carbonyl (C=O) groups excluding carboxylic acids is 1. The lowest BCUT2D eigenvalue weighted by molar-refractivity contribution is -0.133. The van der Waals surface area contributed by atoms with Crippen LogP contribution in [0.3, 0.4) is 0 Å². The maximum Gasteiger partial charge on any atom is 0.223 e. The summed E-state index contributed by atoms with van der Waals surface area (Å²) in [7, 11) is -3.15. The van der Waals surface area contributed by atoms with Crippen molar-refractivity contribution in [2.75, 3.05) is 18.8 Å². The zero-order valence-electron chi connectivity index (χ0n) is 14.1.